The van der Waals surface area contributed by atoms with Gasteiger partial charge in [0.25, 0.3) is 5.91 Å². The van der Waals surface area contributed by atoms with Crippen molar-refractivity contribution in [3.8, 4) is 11.5 Å². The molecule has 0 saturated heterocycles. The summed E-state index contributed by atoms with van der Waals surface area (Å²) in [5.41, 5.74) is 1.61. The van der Waals surface area contributed by atoms with Crippen LogP contribution in [0.4, 0.5) is 5.69 Å². The minimum atomic E-state index is -0.639. The van der Waals surface area contributed by atoms with Gasteiger partial charge in [-0.1, -0.05) is 30.3 Å². The van der Waals surface area contributed by atoms with Crippen LogP contribution in [-0.2, 0) is 9.59 Å². The molecule has 2 amide bonds. The number of anilines is 1. The predicted octanol–water partition coefficient (Wildman–Crippen LogP) is 2.30. The van der Waals surface area contributed by atoms with Gasteiger partial charge in [-0.05, 0) is 18.2 Å². The number of fused-ring (bicyclic) bond motifs is 1. The van der Waals surface area contributed by atoms with E-state index in [0.717, 1.165) is 11.3 Å². The Hall–Kier alpha value is -3.02. The van der Waals surface area contributed by atoms with Crippen LogP contribution in [0.1, 0.15) is 18.5 Å². The van der Waals surface area contributed by atoms with Gasteiger partial charge in [0, 0.05) is 18.2 Å². The van der Waals surface area contributed by atoms with Crippen molar-refractivity contribution >= 4 is 17.5 Å². The summed E-state index contributed by atoms with van der Waals surface area (Å²) in [6.45, 7) is 2.10. The summed E-state index contributed by atoms with van der Waals surface area (Å²) in [5.74, 6) is 0.885. The van der Waals surface area contributed by atoms with E-state index < -0.39 is 6.04 Å². The van der Waals surface area contributed by atoms with Crippen molar-refractivity contribution in [2.45, 2.75) is 13.0 Å². The van der Waals surface area contributed by atoms with Crippen LogP contribution in [0.15, 0.2) is 48.5 Å². The summed E-state index contributed by atoms with van der Waals surface area (Å²) in [4.78, 5) is 25.7. The molecule has 0 unspecified atom stereocenters. The average Bonchev–Trinajstić information content (AvgIpc) is 2.87. The molecule has 1 heterocycles. The van der Waals surface area contributed by atoms with E-state index in [1.54, 1.807) is 12.0 Å². The van der Waals surface area contributed by atoms with E-state index in [0.29, 0.717) is 24.7 Å². The number of hydrogen-bond acceptors (Lipinski definition) is 4. The lowest BCUT2D eigenvalue weighted by molar-refractivity contribution is -0.126. The topological polar surface area (TPSA) is 67.9 Å². The first-order valence-corrected chi connectivity index (χ1v) is 8.05. The molecular formula is C19H20N2O4. The Balaban J connectivity index is 1.72. The molecule has 2 aromatic rings. The Morgan fingerprint density at radius 1 is 1.12 bits per heavy atom. The van der Waals surface area contributed by atoms with Gasteiger partial charge in [-0.15, -0.1) is 0 Å². The molecule has 6 heteroatoms. The molecule has 130 valence electrons. The minimum Gasteiger partial charge on any atom is -0.493 e. The van der Waals surface area contributed by atoms with Gasteiger partial charge in [0.05, 0.1) is 13.7 Å². The van der Waals surface area contributed by atoms with Crippen molar-refractivity contribution in [2.24, 2.45) is 0 Å². The molecule has 0 saturated carbocycles. The van der Waals surface area contributed by atoms with Gasteiger partial charge >= 0.3 is 0 Å². The van der Waals surface area contributed by atoms with Crippen molar-refractivity contribution < 1.29 is 19.1 Å². The monoisotopic (exact) mass is 340 g/mol. The fourth-order valence-corrected chi connectivity index (χ4v) is 2.94. The van der Waals surface area contributed by atoms with Crippen LogP contribution in [0, 0.1) is 0 Å². The SMILES string of the molecule is COc1ccccc1OCCN1C(=O)[C@@H](NC(C)=O)c2ccccc21. The van der Waals surface area contributed by atoms with E-state index in [9.17, 15) is 9.59 Å². The number of hydrogen-bond donors (Lipinski definition) is 1. The molecule has 6 nitrogen and oxygen atoms in total. The summed E-state index contributed by atoms with van der Waals surface area (Å²) in [6, 6.07) is 14.2. The average molecular weight is 340 g/mol. The van der Waals surface area contributed by atoms with Gasteiger partial charge in [-0.25, -0.2) is 0 Å². The molecule has 0 fully saturated rings. The number of rotatable bonds is 6. The third-order valence-corrected chi connectivity index (χ3v) is 4.04. The summed E-state index contributed by atoms with van der Waals surface area (Å²) in [6.07, 6.45) is 0. The maximum absolute atomic E-state index is 12.7. The molecule has 3 rings (SSSR count). The first-order valence-electron chi connectivity index (χ1n) is 8.05. The van der Waals surface area contributed by atoms with Crippen molar-refractivity contribution in [1.29, 1.82) is 0 Å². The van der Waals surface area contributed by atoms with Crippen LogP contribution in [0.3, 0.4) is 0 Å². The summed E-state index contributed by atoms with van der Waals surface area (Å²) in [5, 5.41) is 2.71. The van der Waals surface area contributed by atoms with Gasteiger partial charge in [-0.3, -0.25) is 9.59 Å². The van der Waals surface area contributed by atoms with E-state index >= 15 is 0 Å². The second-order valence-electron chi connectivity index (χ2n) is 5.68. The number of benzene rings is 2. The number of ether oxygens (including phenoxy) is 2. The molecule has 2 aromatic carbocycles. The molecule has 1 aliphatic heterocycles. The first-order chi connectivity index (χ1) is 12.1. The van der Waals surface area contributed by atoms with Gasteiger partial charge in [0.1, 0.15) is 12.6 Å². The smallest absolute Gasteiger partial charge is 0.254 e. The lowest BCUT2D eigenvalue weighted by Crippen LogP contribution is -2.38. The lowest BCUT2D eigenvalue weighted by Gasteiger charge is -2.19. The second kappa shape index (κ2) is 7.25. The molecule has 0 bridgehead atoms. The zero-order valence-corrected chi connectivity index (χ0v) is 14.2. The summed E-state index contributed by atoms with van der Waals surface area (Å²) >= 11 is 0. The standard InChI is InChI=1S/C19H20N2O4/c1-13(22)20-18-14-7-3-4-8-15(14)21(19(18)23)11-12-25-17-10-6-5-9-16(17)24-2/h3-10,18H,11-12H2,1-2H3,(H,20,22)/t18-/m0/s1. The quantitative estimate of drug-likeness (QED) is 0.876. The van der Waals surface area contributed by atoms with Gasteiger partial charge in [0.15, 0.2) is 11.5 Å². The van der Waals surface area contributed by atoms with E-state index in [1.165, 1.54) is 6.92 Å². The van der Waals surface area contributed by atoms with Crippen LogP contribution in [0.2, 0.25) is 0 Å². The van der Waals surface area contributed by atoms with Crippen molar-refractivity contribution in [3.63, 3.8) is 0 Å². The fourth-order valence-electron chi connectivity index (χ4n) is 2.94. The van der Waals surface area contributed by atoms with Crippen molar-refractivity contribution in [1.82, 2.24) is 5.32 Å². The predicted molar refractivity (Wildman–Crippen MR) is 93.8 cm³/mol. The highest BCUT2D eigenvalue weighted by atomic mass is 16.5. The Morgan fingerprint density at radius 2 is 1.80 bits per heavy atom. The number of carbonyl (C=O) groups is 2. The molecular weight excluding hydrogens is 320 g/mol. The zero-order chi connectivity index (χ0) is 17.8. The number of carbonyl (C=O) groups excluding carboxylic acids is 2. The lowest BCUT2D eigenvalue weighted by atomic mass is 10.1. The first kappa shape index (κ1) is 16.8. The Bertz CT molecular complexity index is 790. The zero-order valence-electron chi connectivity index (χ0n) is 14.2. The van der Waals surface area contributed by atoms with Crippen LogP contribution in [-0.4, -0.2) is 32.1 Å². The Morgan fingerprint density at radius 3 is 2.52 bits per heavy atom. The summed E-state index contributed by atoms with van der Waals surface area (Å²) in [7, 11) is 1.58. The van der Waals surface area contributed by atoms with Gasteiger partial charge < -0.3 is 19.7 Å². The second-order valence-corrected chi connectivity index (χ2v) is 5.68. The highest BCUT2D eigenvalue weighted by molar-refractivity contribution is 6.06. The van der Waals surface area contributed by atoms with Crippen molar-refractivity contribution in [3.05, 3.63) is 54.1 Å². The molecule has 0 spiro atoms. The largest absolute Gasteiger partial charge is 0.493 e. The Kier molecular flexibility index (Phi) is 4.88. The van der Waals surface area contributed by atoms with E-state index in [2.05, 4.69) is 5.32 Å². The van der Waals surface area contributed by atoms with Crippen LogP contribution in [0.5, 0.6) is 11.5 Å². The molecule has 1 atom stereocenters. The minimum absolute atomic E-state index is 0.153. The molecule has 0 radical (unpaired) electrons. The van der Waals surface area contributed by atoms with Crippen molar-refractivity contribution in [2.75, 3.05) is 25.2 Å². The Labute approximate surface area is 146 Å². The highest BCUT2D eigenvalue weighted by Gasteiger charge is 2.37. The maximum Gasteiger partial charge on any atom is 0.254 e. The molecule has 25 heavy (non-hydrogen) atoms. The normalized spacial score (nSPS) is 15.7. The number of para-hydroxylation sites is 3. The molecule has 1 N–H and O–H groups in total. The number of methoxy groups -OCH3 is 1. The third-order valence-electron chi connectivity index (χ3n) is 4.04. The van der Waals surface area contributed by atoms with Crippen LogP contribution < -0.4 is 19.7 Å². The third kappa shape index (κ3) is 3.42. The van der Waals surface area contributed by atoms with Gasteiger partial charge in [-0.2, -0.15) is 0 Å². The number of nitrogens with one attached hydrogen (secondary N) is 1. The molecule has 0 aromatic heterocycles. The number of amides is 2. The molecule has 1 aliphatic rings. The summed E-state index contributed by atoms with van der Waals surface area (Å²) < 4.78 is 11.0. The molecule has 0 aliphatic carbocycles. The maximum atomic E-state index is 12.7. The van der Waals surface area contributed by atoms with E-state index in [4.69, 9.17) is 9.47 Å². The number of nitrogens with zero attached hydrogens (tertiary/aromatic N) is 1. The highest BCUT2D eigenvalue weighted by Crippen LogP contribution is 2.35. The van der Waals surface area contributed by atoms with Crippen LogP contribution in [0.25, 0.3) is 0 Å². The van der Waals surface area contributed by atoms with Crippen LogP contribution >= 0.6 is 0 Å². The van der Waals surface area contributed by atoms with Gasteiger partial charge in [0.2, 0.25) is 5.91 Å². The fraction of sp³-hybridized carbons (Fsp3) is 0.263. The van der Waals surface area contributed by atoms with E-state index in [-0.39, 0.29) is 11.8 Å². The van der Waals surface area contributed by atoms with E-state index in [1.807, 2.05) is 48.5 Å².